The number of nitrogens with two attached hydrogens (primary N) is 1. The van der Waals surface area contributed by atoms with E-state index in [1.165, 1.54) is 0 Å². The number of nitrogens with zero attached hydrogens (tertiary/aromatic N) is 3. The molecule has 6 nitrogen and oxygen atoms in total. The van der Waals surface area contributed by atoms with Crippen LogP contribution in [0.15, 0.2) is 4.99 Å². The predicted molar refractivity (Wildman–Crippen MR) is 61.1 cm³/mol. The molecule has 0 aliphatic carbocycles. The summed E-state index contributed by atoms with van der Waals surface area (Å²) in [5.41, 5.74) is 5.07. The average molecular weight is 226 g/mol. The molecule has 1 heterocycles. The number of aliphatic imine (C=N–C) groups is 1. The summed E-state index contributed by atoms with van der Waals surface area (Å²) in [6.45, 7) is 2.96. The summed E-state index contributed by atoms with van der Waals surface area (Å²) in [7, 11) is 1.71. The Morgan fingerprint density at radius 3 is 2.44 bits per heavy atom. The largest absolute Gasteiger partial charge is 0.390 e. The van der Waals surface area contributed by atoms with Gasteiger partial charge in [0.15, 0.2) is 0 Å². The lowest BCUT2D eigenvalue weighted by Gasteiger charge is -2.35. The summed E-state index contributed by atoms with van der Waals surface area (Å²) < 4.78 is 0. The maximum Gasteiger partial charge on any atom is 0.344 e. The zero-order valence-corrected chi connectivity index (χ0v) is 9.72. The van der Waals surface area contributed by atoms with E-state index in [2.05, 4.69) is 4.99 Å². The molecule has 0 saturated carbocycles. The predicted octanol–water partition coefficient (Wildman–Crippen LogP) is 0.0361. The fourth-order valence-corrected chi connectivity index (χ4v) is 1.88. The number of piperidine rings is 1. The molecular formula is C10H18N4O2. The van der Waals surface area contributed by atoms with Gasteiger partial charge in [-0.2, -0.15) is 4.99 Å². The lowest BCUT2D eigenvalue weighted by atomic mass is 10.0. The molecule has 90 valence electrons. The monoisotopic (exact) mass is 226 g/mol. The van der Waals surface area contributed by atoms with Crippen molar-refractivity contribution in [1.82, 2.24) is 9.80 Å². The Kier molecular flexibility index (Phi) is 4.28. The normalized spacial score (nSPS) is 17.8. The van der Waals surface area contributed by atoms with Crippen molar-refractivity contribution < 1.29 is 9.59 Å². The number of hydrogen-bond acceptors (Lipinski definition) is 2. The van der Waals surface area contributed by atoms with Crippen molar-refractivity contribution in [3.05, 3.63) is 0 Å². The van der Waals surface area contributed by atoms with Gasteiger partial charge in [-0.05, 0) is 12.8 Å². The molecule has 1 aliphatic rings. The molecule has 0 radical (unpaired) electrons. The van der Waals surface area contributed by atoms with Crippen molar-refractivity contribution in [2.24, 2.45) is 10.7 Å². The minimum absolute atomic E-state index is 0.0902. The number of carbonyl (C=O) groups is 2. The molecule has 0 spiro atoms. The second-order valence-electron chi connectivity index (χ2n) is 3.91. The lowest BCUT2D eigenvalue weighted by molar-refractivity contribution is -0.130. The highest BCUT2D eigenvalue weighted by Crippen LogP contribution is 2.15. The van der Waals surface area contributed by atoms with Gasteiger partial charge in [0.05, 0.1) is 6.34 Å². The molecule has 1 aliphatic heterocycles. The van der Waals surface area contributed by atoms with E-state index in [0.717, 1.165) is 19.2 Å². The fraction of sp³-hybridized carbons (Fsp3) is 0.700. The van der Waals surface area contributed by atoms with Gasteiger partial charge in [0.1, 0.15) is 0 Å². The van der Waals surface area contributed by atoms with Crippen LogP contribution in [-0.4, -0.2) is 54.3 Å². The minimum atomic E-state index is -0.330. The van der Waals surface area contributed by atoms with Crippen LogP contribution < -0.4 is 5.73 Å². The quantitative estimate of drug-likeness (QED) is 0.506. The number of likely N-dealkylation sites (tertiary alicyclic amines) is 1. The van der Waals surface area contributed by atoms with Gasteiger partial charge in [-0.25, -0.2) is 4.79 Å². The van der Waals surface area contributed by atoms with Crippen molar-refractivity contribution in [3.63, 3.8) is 0 Å². The van der Waals surface area contributed by atoms with Crippen molar-refractivity contribution in [2.75, 3.05) is 20.1 Å². The van der Waals surface area contributed by atoms with Crippen LogP contribution in [-0.2, 0) is 4.79 Å². The summed E-state index contributed by atoms with van der Waals surface area (Å²) in [6.07, 6.45) is 2.59. The van der Waals surface area contributed by atoms with E-state index in [1.54, 1.807) is 23.8 Å². The fourth-order valence-electron chi connectivity index (χ4n) is 1.88. The van der Waals surface area contributed by atoms with Crippen LogP contribution in [0.5, 0.6) is 0 Å². The number of rotatable bonds is 1. The van der Waals surface area contributed by atoms with Crippen LogP contribution in [0.3, 0.4) is 0 Å². The zero-order chi connectivity index (χ0) is 12.1. The molecule has 0 atom stereocenters. The van der Waals surface area contributed by atoms with Crippen molar-refractivity contribution >= 4 is 18.3 Å². The van der Waals surface area contributed by atoms with Crippen LogP contribution >= 0.6 is 0 Å². The van der Waals surface area contributed by atoms with Crippen molar-refractivity contribution in [1.29, 1.82) is 0 Å². The Morgan fingerprint density at radius 2 is 2.00 bits per heavy atom. The summed E-state index contributed by atoms with van der Waals surface area (Å²) in [5.74, 6) is 0.0902. The summed E-state index contributed by atoms with van der Waals surface area (Å²) >= 11 is 0. The molecule has 6 heteroatoms. The Bertz CT molecular complexity index is 295. The maximum atomic E-state index is 11.4. The van der Waals surface area contributed by atoms with Gasteiger partial charge in [0, 0.05) is 33.1 Å². The maximum absolute atomic E-state index is 11.4. The van der Waals surface area contributed by atoms with Gasteiger partial charge < -0.3 is 15.5 Å². The topological polar surface area (TPSA) is 79.0 Å². The van der Waals surface area contributed by atoms with Gasteiger partial charge in [-0.15, -0.1) is 0 Å². The van der Waals surface area contributed by atoms with Gasteiger partial charge in [0.25, 0.3) is 0 Å². The highest BCUT2D eigenvalue weighted by atomic mass is 16.2. The minimum Gasteiger partial charge on any atom is -0.390 e. The average Bonchev–Trinajstić information content (AvgIpc) is 2.28. The Labute approximate surface area is 95.1 Å². The first-order valence-corrected chi connectivity index (χ1v) is 5.32. The van der Waals surface area contributed by atoms with Crippen molar-refractivity contribution in [3.8, 4) is 0 Å². The number of carbonyl (C=O) groups excluding carboxylic acids is 2. The third-order valence-corrected chi connectivity index (χ3v) is 2.94. The van der Waals surface area contributed by atoms with Crippen LogP contribution in [0.4, 0.5) is 4.79 Å². The van der Waals surface area contributed by atoms with E-state index in [1.807, 2.05) is 0 Å². The van der Waals surface area contributed by atoms with Gasteiger partial charge in [0.2, 0.25) is 5.91 Å². The Balaban J connectivity index is 2.47. The second kappa shape index (κ2) is 5.48. The molecule has 0 unspecified atom stereocenters. The van der Waals surface area contributed by atoms with E-state index in [-0.39, 0.29) is 18.0 Å². The molecule has 0 aromatic carbocycles. The third-order valence-electron chi connectivity index (χ3n) is 2.94. The number of hydrogen-bond donors (Lipinski definition) is 1. The van der Waals surface area contributed by atoms with Gasteiger partial charge in [-0.3, -0.25) is 4.79 Å². The highest BCUT2D eigenvalue weighted by Gasteiger charge is 2.25. The van der Waals surface area contributed by atoms with E-state index < -0.39 is 0 Å². The molecule has 0 bridgehead atoms. The lowest BCUT2D eigenvalue weighted by Crippen LogP contribution is -2.46. The molecular weight excluding hydrogens is 208 g/mol. The Hall–Kier alpha value is -1.59. The molecule has 1 rings (SSSR count). The first kappa shape index (κ1) is 12.5. The van der Waals surface area contributed by atoms with Crippen LogP contribution in [0.25, 0.3) is 0 Å². The van der Waals surface area contributed by atoms with Gasteiger partial charge >= 0.3 is 6.03 Å². The summed E-state index contributed by atoms with van der Waals surface area (Å²) in [5, 5.41) is 0. The molecule has 1 fully saturated rings. The molecule has 1 saturated heterocycles. The zero-order valence-electron chi connectivity index (χ0n) is 9.72. The first-order valence-electron chi connectivity index (χ1n) is 5.32. The smallest absolute Gasteiger partial charge is 0.344 e. The summed E-state index contributed by atoms with van der Waals surface area (Å²) in [6, 6.07) is -0.185. The van der Waals surface area contributed by atoms with E-state index in [4.69, 9.17) is 5.73 Å². The van der Waals surface area contributed by atoms with Crippen LogP contribution in [0, 0.1) is 0 Å². The first-order chi connectivity index (χ1) is 7.56. The molecule has 0 aromatic heterocycles. The van der Waals surface area contributed by atoms with Crippen LogP contribution in [0.1, 0.15) is 19.8 Å². The standard InChI is InChI=1S/C10H18N4O2/c1-8(15)14-5-3-9(4-6-14)13(2)10(16)12-7-11/h7,9H,3-6H2,1-2H3,(H2,11,12,16). The Morgan fingerprint density at radius 1 is 1.44 bits per heavy atom. The number of urea groups is 1. The highest BCUT2D eigenvalue weighted by molar-refractivity contribution is 5.82. The third kappa shape index (κ3) is 2.95. The van der Waals surface area contributed by atoms with Crippen molar-refractivity contribution in [2.45, 2.75) is 25.8 Å². The number of amides is 3. The molecule has 2 N–H and O–H groups in total. The van der Waals surface area contributed by atoms with Gasteiger partial charge in [-0.1, -0.05) is 0 Å². The second-order valence-corrected chi connectivity index (χ2v) is 3.91. The molecule has 16 heavy (non-hydrogen) atoms. The van der Waals surface area contributed by atoms with Crippen LogP contribution in [0.2, 0.25) is 0 Å². The molecule has 3 amide bonds. The summed E-state index contributed by atoms with van der Waals surface area (Å²) in [4.78, 5) is 29.4. The van der Waals surface area contributed by atoms with E-state index in [9.17, 15) is 9.59 Å². The van der Waals surface area contributed by atoms with E-state index >= 15 is 0 Å². The molecule has 0 aromatic rings. The SMILES string of the molecule is CC(=O)N1CCC(N(C)C(=O)N=CN)CC1. The van der Waals surface area contributed by atoms with E-state index in [0.29, 0.717) is 13.1 Å².